The van der Waals surface area contributed by atoms with Gasteiger partial charge in [-0.2, -0.15) is 4.68 Å². The Kier molecular flexibility index (Phi) is 5.35. The van der Waals surface area contributed by atoms with E-state index in [1.54, 1.807) is 16.8 Å². The number of carbonyl (C=O) groups excluding carboxylic acids is 1. The van der Waals surface area contributed by atoms with Gasteiger partial charge in [0.25, 0.3) is 0 Å². The zero-order chi connectivity index (χ0) is 17.8. The quantitative estimate of drug-likeness (QED) is 0.689. The van der Waals surface area contributed by atoms with Gasteiger partial charge in [0.05, 0.1) is 10.9 Å². The maximum atomic E-state index is 12.5. The van der Waals surface area contributed by atoms with Gasteiger partial charge in [0, 0.05) is 10.7 Å². The van der Waals surface area contributed by atoms with Crippen LogP contribution in [0, 0.1) is 6.92 Å². The van der Waals surface area contributed by atoms with E-state index in [-0.39, 0.29) is 11.2 Å². The van der Waals surface area contributed by atoms with Crippen molar-refractivity contribution in [3.05, 3.63) is 59.1 Å². The Morgan fingerprint density at radius 1 is 1.24 bits per heavy atom. The van der Waals surface area contributed by atoms with Crippen LogP contribution in [0.25, 0.3) is 5.69 Å². The molecule has 0 radical (unpaired) electrons. The first-order valence-corrected chi connectivity index (χ1v) is 8.88. The van der Waals surface area contributed by atoms with Crippen LogP contribution in [-0.2, 0) is 4.79 Å². The van der Waals surface area contributed by atoms with Gasteiger partial charge >= 0.3 is 0 Å². The number of tetrazole rings is 1. The van der Waals surface area contributed by atoms with Crippen molar-refractivity contribution in [1.29, 1.82) is 0 Å². The van der Waals surface area contributed by atoms with Crippen molar-refractivity contribution in [3.63, 3.8) is 0 Å². The van der Waals surface area contributed by atoms with Crippen LogP contribution in [0.2, 0.25) is 5.02 Å². The highest BCUT2D eigenvalue weighted by Gasteiger charge is 2.20. The monoisotopic (exact) mass is 373 g/mol. The first kappa shape index (κ1) is 17.4. The second kappa shape index (κ2) is 7.67. The zero-order valence-corrected chi connectivity index (χ0v) is 15.3. The predicted molar refractivity (Wildman–Crippen MR) is 99.3 cm³/mol. The van der Waals surface area contributed by atoms with Crippen LogP contribution < -0.4 is 5.32 Å². The molecular formula is C17H16ClN5OS. The lowest BCUT2D eigenvalue weighted by Crippen LogP contribution is -2.23. The van der Waals surface area contributed by atoms with E-state index in [4.69, 9.17) is 11.6 Å². The number of rotatable bonds is 5. The number of hydrogen-bond donors (Lipinski definition) is 1. The fraction of sp³-hybridized carbons (Fsp3) is 0.176. The second-order valence-corrected chi connectivity index (χ2v) is 7.16. The van der Waals surface area contributed by atoms with Crippen molar-refractivity contribution in [1.82, 2.24) is 20.2 Å². The normalized spacial score (nSPS) is 12.0. The average molecular weight is 374 g/mol. The zero-order valence-electron chi connectivity index (χ0n) is 13.7. The molecule has 1 amide bonds. The molecule has 3 aromatic rings. The third-order valence-electron chi connectivity index (χ3n) is 3.55. The summed E-state index contributed by atoms with van der Waals surface area (Å²) < 4.78 is 1.61. The van der Waals surface area contributed by atoms with Crippen molar-refractivity contribution in [2.24, 2.45) is 0 Å². The van der Waals surface area contributed by atoms with Crippen LogP contribution in [0.15, 0.2) is 53.7 Å². The second-order valence-electron chi connectivity index (χ2n) is 5.42. The molecule has 0 spiro atoms. The fourth-order valence-corrected chi connectivity index (χ4v) is 3.14. The van der Waals surface area contributed by atoms with Crippen molar-refractivity contribution in [2.45, 2.75) is 24.3 Å². The summed E-state index contributed by atoms with van der Waals surface area (Å²) in [4.78, 5) is 12.5. The lowest BCUT2D eigenvalue weighted by atomic mass is 10.2. The number of aromatic nitrogens is 4. The van der Waals surface area contributed by atoms with E-state index in [0.717, 1.165) is 11.3 Å². The van der Waals surface area contributed by atoms with E-state index in [1.807, 2.05) is 50.2 Å². The molecule has 1 heterocycles. The molecule has 0 bridgehead atoms. The summed E-state index contributed by atoms with van der Waals surface area (Å²) in [6.45, 7) is 3.73. The standard InChI is InChI=1S/C17H16ClN5OS/c1-11-8-9-13(18)10-15(11)19-16(24)12(2)25-17-20-21-22-23(17)14-6-4-3-5-7-14/h3-10,12H,1-2H3,(H,19,24)/t12-/m1/s1. The number of thioether (sulfide) groups is 1. The summed E-state index contributed by atoms with van der Waals surface area (Å²) in [5.74, 6) is -0.141. The van der Waals surface area contributed by atoms with Gasteiger partial charge in [0.15, 0.2) is 0 Å². The highest BCUT2D eigenvalue weighted by Crippen LogP contribution is 2.25. The maximum absolute atomic E-state index is 12.5. The fourth-order valence-electron chi connectivity index (χ4n) is 2.16. The first-order chi connectivity index (χ1) is 12.0. The Balaban J connectivity index is 1.73. The molecule has 3 rings (SSSR count). The SMILES string of the molecule is Cc1ccc(Cl)cc1NC(=O)[C@@H](C)Sc1nnnn1-c1ccccc1. The number of carbonyl (C=O) groups is 1. The van der Waals surface area contributed by atoms with Crippen LogP contribution in [0.1, 0.15) is 12.5 Å². The van der Waals surface area contributed by atoms with Crippen molar-refractivity contribution in [2.75, 3.05) is 5.32 Å². The summed E-state index contributed by atoms with van der Waals surface area (Å²) in [5.41, 5.74) is 2.49. The minimum Gasteiger partial charge on any atom is -0.325 e. The van der Waals surface area contributed by atoms with Gasteiger partial charge in [-0.25, -0.2) is 0 Å². The lowest BCUT2D eigenvalue weighted by molar-refractivity contribution is -0.115. The Bertz CT molecular complexity index is 884. The van der Waals surface area contributed by atoms with Crippen molar-refractivity contribution in [3.8, 4) is 5.69 Å². The van der Waals surface area contributed by atoms with E-state index in [9.17, 15) is 4.79 Å². The molecule has 0 saturated heterocycles. The number of nitrogens with zero attached hydrogens (tertiary/aromatic N) is 4. The summed E-state index contributed by atoms with van der Waals surface area (Å²) in [5, 5.41) is 15.4. The van der Waals surface area contributed by atoms with E-state index in [0.29, 0.717) is 15.9 Å². The molecule has 0 fully saturated rings. The topological polar surface area (TPSA) is 72.7 Å². The molecule has 1 aromatic heterocycles. The molecule has 2 aromatic carbocycles. The first-order valence-electron chi connectivity index (χ1n) is 7.62. The van der Waals surface area contributed by atoms with Crippen molar-refractivity contribution >= 4 is 35.0 Å². The largest absolute Gasteiger partial charge is 0.325 e. The Hall–Kier alpha value is -2.38. The summed E-state index contributed by atoms with van der Waals surface area (Å²) in [6, 6.07) is 14.9. The van der Waals surface area contributed by atoms with Gasteiger partial charge in [-0.05, 0) is 54.1 Å². The molecule has 8 heteroatoms. The Labute approximate surface area is 154 Å². The minimum atomic E-state index is -0.383. The maximum Gasteiger partial charge on any atom is 0.237 e. The number of benzene rings is 2. The van der Waals surface area contributed by atoms with Gasteiger partial charge in [-0.3, -0.25) is 4.79 Å². The third-order valence-corrected chi connectivity index (χ3v) is 4.82. The number of nitrogens with one attached hydrogen (secondary N) is 1. The lowest BCUT2D eigenvalue weighted by Gasteiger charge is -2.13. The summed E-state index contributed by atoms with van der Waals surface area (Å²) in [6.07, 6.45) is 0. The molecule has 0 aliphatic carbocycles. The molecule has 1 atom stereocenters. The molecule has 0 unspecified atom stereocenters. The predicted octanol–water partition coefficient (Wildman–Crippen LogP) is 3.74. The van der Waals surface area contributed by atoms with Crippen LogP contribution in [0.5, 0.6) is 0 Å². The molecular weight excluding hydrogens is 358 g/mol. The summed E-state index contributed by atoms with van der Waals surface area (Å²) >= 11 is 7.29. The number of hydrogen-bond acceptors (Lipinski definition) is 5. The summed E-state index contributed by atoms with van der Waals surface area (Å²) in [7, 11) is 0. The number of aryl methyl sites for hydroxylation is 1. The highest BCUT2D eigenvalue weighted by atomic mass is 35.5. The van der Waals surface area contributed by atoms with E-state index >= 15 is 0 Å². The van der Waals surface area contributed by atoms with E-state index < -0.39 is 0 Å². The number of para-hydroxylation sites is 1. The molecule has 25 heavy (non-hydrogen) atoms. The highest BCUT2D eigenvalue weighted by molar-refractivity contribution is 8.00. The van der Waals surface area contributed by atoms with Gasteiger partial charge in [0.2, 0.25) is 11.1 Å². The molecule has 0 aliphatic rings. The molecule has 6 nitrogen and oxygen atoms in total. The van der Waals surface area contributed by atoms with Crippen LogP contribution >= 0.6 is 23.4 Å². The number of anilines is 1. The van der Waals surface area contributed by atoms with Gasteiger partial charge in [-0.1, -0.05) is 47.6 Å². The van der Waals surface area contributed by atoms with E-state index in [2.05, 4.69) is 20.8 Å². The molecule has 1 N–H and O–H groups in total. The van der Waals surface area contributed by atoms with Gasteiger partial charge < -0.3 is 5.32 Å². The van der Waals surface area contributed by atoms with E-state index in [1.165, 1.54) is 11.8 Å². The Morgan fingerprint density at radius 2 is 2.00 bits per heavy atom. The number of halogens is 1. The smallest absolute Gasteiger partial charge is 0.237 e. The minimum absolute atomic E-state index is 0.141. The molecule has 0 aliphatic heterocycles. The van der Waals surface area contributed by atoms with Crippen LogP contribution in [-0.4, -0.2) is 31.4 Å². The number of amides is 1. The molecule has 0 saturated carbocycles. The third kappa shape index (κ3) is 4.18. The molecule has 128 valence electrons. The van der Waals surface area contributed by atoms with Crippen LogP contribution in [0.4, 0.5) is 5.69 Å². The van der Waals surface area contributed by atoms with Gasteiger partial charge in [-0.15, -0.1) is 5.10 Å². The van der Waals surface area contributed by atoms with Crippen LogP contribution in [0.3, 0.4) is 0 Å². The van der Waals surface area contributed by atoms with Gasteiger partial charge in [0.1, 0.15) is 0 Å². The Morgan fingerprint density at radius 3 is 2.76 bits per heavy atom. The average Bonchev–Trinajstić information content (AvgIpc) is 3.07. The van der Waals surface area contributed by atoms with Crippen molar-refractivity contribution < 1.29 is 4.79 Å².